The van der Waals surface area contributed by atoms with Crippen LogP contribution in [0.3, 0.4) is 0 Å². The molecule has 2 aliphatic rings. The standard InChI is InChI=1S/C8H11N3O2/c9-6(12)8(7(10)13)4-1-2-5(3-4)11-8/h1-2,4-5,11H,3H2,(H2,9,12)(H2,10,13)/t4-,5-/m0/s1. The Morgan fingerprint density at radius 1 is 1.31 bits per heavy atom. The van der Waals surface area contributed by atoms with Crippen LogP contribution in [-0.2, 0) is 9.59 Å². The van der Waals surface area contributed by atoms with Gasteiger partial charge in [0, 0.05) is 12.0 Å². The van der Waals surface area contributed by atoms with E-state index in [0.717, 1.165) is 6.42 Å². The first-order valence-electron chi connectivity index (χ1n) is 4.13. The van der Waals surface area contributed by atoms with Gasteiger partial charge in [-0.2, -0.15) is 0 Å². The molecule has 1 aliphatic heterocycles. The predicted octanol–water partition coefficient (Wildman–Crippen LogP) is -1.76. The van der Waals surface area contributed by atoms with Crippen molar-refractivity contribution in [1.29, 1.82) is 0 Å². The van der Waals surface area contributed by atoms with E-state index < -0.39 is 17.4 Å². The summed E-state index contributed by atoms with van der Waals surface area (Å²) in [5.41, 5.74) is 9.02. The smallest absolute Gasteiger partial charge is 0.248 e. The van der Waals surface area contributed by atoms with E-state index in [9.17, 15) is 9.59 Å². The third kappa shape index (κ3) is 0.846. The first-order valence-corrected chi connectivity index (χ1v) is 4.13. The van der Waals surface area contributed by atoms with Gasteiger partial charge in [-0.25, -0.2) is 0 Å². The largest absolute Gasteiger partial charge is 0.368 e. The van der Waals surface area contributed by atoms with E-state index in [1.807, 2.05) is 12.2 Å². The summed E-state index contributed by atoms with van der Waals surface area (Å²) in [4.78, 5) is 22.4. The van der Waals surface area contributed by atoms with Gasteiger partial charge < -0.3 is 11.5 Å². The van der Waals surface area contributed by atoms with Gasteiger partial charge in [0.05, 0.1) is 0 Å². The Hall–Kier alpha value is -1.36. The van der Waals surface area contributed by atoms with Gasteiger partial charge in [-0.05, 0) is 6.42 Å². The van der Waals surface area contributed by atoms with Crippen LogP contribution < -0.4 is 16.8 Å². The maximum Gasteiger partial charge on any atom is 0.248 e. The second-order valence-corrected chi connectivity index (χ2v) is 3.51. The molecule has 0 radical (unpaired) electrons. The third-order valence-electron chi connectivity index (χ3n) is 2.83. The maximum absolute atomic E-state index is 11.2. The molecule has 0 aromatic rings. The molecule has 0 aromatic heterocycles. The summed E-state index contributed by atoms with van der Waals surface area (Å²) >= 11 is 0. The summed E-state index contributed by atoms with van der Waals surface area (Å²) < 4.78 is 0. The molecule has 0 aromatic carbocycles. The number of nitrogens with two attached hydrogens (primary N) is 2. The fraction of sp³-hybridized carbons (Fsp3) is 0.500. The van der Waals surface area contributed by atoms with Crippen molar-refractivity contribution in [2.75, 3.05) is 0 Å². The first kappa shape index (κ1) is 8.25. The molecule has 2 amide bonds. The normalized spacial score (nSPS) is 33.5. The van der Waals surface area contributed by atoms with E-state index in [-0.39, 0.29) is 12.0 Å². The van der Waals surface area contributed by atoms with Gasteiger partial charge in [-0.3, -0.25) is 14.9 Å². The minimum absolute atomic E-state index is 0.0602. The van der Waals surface area contributed by atoms with Crippen LogP contribution in [0.4, 0.5) is 0 Å². The van der Waals surface area contributed by atoms with Gasteiger partial charge in [-0.1, -0.05) is 12.2 Å². The van der Waals surface area contributed by atoms with E-state index >= 15 is 0 Å². The molecule has 2 atom stereocenters. The highest BCUT2D eigenvalue weighted by Crippen LogP contribution is 2.36. The van der Waals surface area contributed by atoms with Crippen molar-refractivity contribution in [3.8, 4) is 0 Å². The number of carbonyl (C=O) groups excluding carboxylic acids is 2. The van der Waals surface area contributed by atoms with Crippen molar-refractivity contribution in [2.24, 2.45) is 17.4 Å². The molecule has 1 fully saturated rings. The molecule has 0 spiro atoms. The summed E-state index contributed by atoms with van der Waals surface area (Å²) in [5, 5.41) is 2.87. The SMILES string of the molecule is NC(=O)C1(C(N)=O)N[C@H]2C=C[C@H]1C2. The molecule has 1 aliphatic carbocycles. The number of primary amides is 2. The van der Waals surface area contributed by atoms with Crippen LogP contribution in [-0.4, -0.2) is 23.4 Å². The topological polar surface area (TPSA) is 98.2 Å². The Bertz CT molecular complexity index is 297. The molecular formula is C8H11N3O2. The van der Waals surface area contributed by atoms with E-state index in [2.05, 4.69) is 5.32 Å². The molecule has 13 heavy (non-hydrogen) atoms. The Balaban J connectivity index is 2.42. The quantitative estimate of drug-likeness (QED) is 0.348. The molecule has 5 N–H and O–H groups in total. The number of nitrogens with one attached hydrogen (secondary N) is 1. The molecule has 70 valence electrons. The Labute approximate surface area is 75.1 Å². The molecule has 0 unspecified atom stereocenters. The van der Waals surface area contributed by atoms with Crippen molar-refractivity contribution in [1.82, 2.24) is 5.32 Å². The fourth-order valence-corrected chi connectivity index (χ4v) is 2.16. The van der Waals surface area contributed by atoms with Crippen molar-refractivity contribution in [3.63, 3.8) is 0 Å². The Kier molecular flexibility index (Phi) is 1.47. The zero-order valence-electron chi connectivity index (χ0n) is 6.99. The van der Waals surface area contributed by atoms with Gasteiger partial charge in [-0.15, -0.1) is 0 Å². The van der Waals surface area contributed by atoms with Crippen LogP contribution in [0.25, 0.3) is 0 Å². The molecule has 2 rings (SSSR count). The average molecular weight is 181 g/mol. The summed E-state index contributed by atoms with van der Waals surface area (Å²) in [7, 11) is 0. The monoisotopic (exact) mass is 181 g/mol. The second-order valence-electron chi connectivity index (χ2n) is 3.51. The van der Waals surface area contributed by atoms with E-state index in [1.165, 1.54) is 0 Å². The van der Waals surface area contributed by atoms with Crippen molar-refractivity contribution < 1.29 is 9.59 Å². The van der Waals surface area contributed by atoms with E-state index in [1.54, 1.807) is 0 Å². The van der Waals surface area contributed by atoms with Gasteiger partial charge in [0.1, 0.15) is 0 Å². The number of carbonyl (C=O) groups is 2. The Morgan fingerprint density at radius 2 is 1.92 bits per heavy atom. The van der Waals surface area contributed by atoms with E-state index in [0.29, 0.717) is 0 Å². The van der Waals surface area contributed by atoms with Gasteiger partial charge in [0.15, 0.2) is 5.54 Å². The highest BCUT2D eigenvalue weighted by molar-refractivity contribution is 6.09. The summed E-state index contributed by atoms with van der Waals surface area (Å²) in [6, 6.07) is 0.0602. The highest BCUT2D eigenvalue weighted by atomic mass is 16.2. The third-order valence-corrected chi connectivity index (χ3v) is 2.83. The molecule has 1 saturated heterocycles. The van der Waals surface area contributed by atoms with E-state index in [4.69, 9.17) is 11.5 Å². The molecule has 2 bridgehead atoms. The number of hydrogen-bond donors (Lipinski definition) is 3. The van der Waals surface area contributed by atoms with Crippen molar-refractivity contribution >= 4 is 11.8 Å². The molecule has 5 heteroatoms. The zero-order valence-corrected chi connectivity index (χ0v) is 6.99. The second kappa shape index (κ2) is 2.32. The van der Waals surface area contributed by atoms with Crippen LogP contribution in [0.1, 0.15) is 6.42 Å². The molecule has 5 nitrogen and oxygen atoms in total. The molecule has 1 heterocycles. The minimum atomic E-state index is -1.35. The van der Waals surface area contributed by atoms with Crippen molar-refractivity contribution in [3.05, 3.63) is 12.2 Å². The number of rotatable bonds is 2. The van der Waals surface area contributed by atoms with Crippen LogP contribution in [0, 0.1) is 5.92 Å². The molecule has 0 saturated carbocycles. The summed E-state index contributed by atoms with van der Waals surface area (Å²) in [5.74, 6) is -1.54. The lowest BCUT2D eigenvalue weighted by molar-refractivity contribution is -0.136. The summed E-state index contributed by atoms with van der Waals surface area (Å²) in [6.07, 6.45) is 4.48. The van der Waals surface area contributed by atoms with Crippen LogP contribution in [0.15, 0.2) is 12.2 Å². The van der Waals surface area contributed by atoms with Crippen LogP contribution >= 0.6 is 0 Å². The van der Waals surface area contributed by atoms with Gasteiger partial charge >= 0.3 is 0 Å². The minimum Gasteiger partial charge on any atom is -0.368 e. The number of amides is 2. The summed E-state index contributed by atoms with van der Waals surface area (Å²) in [6.45, 7) is 0. The zero-order chi connectivity index (χ0) is 9.64. The van der Waals surface area contributed by atoms with Crippen LogP contribution in [0.2, 0.25) is 0 Å². The first-order chi connectivity index (χ1) is 6.07. The lowest BCUT2D eigenvalue weighted by Crippen LogP contribution is -2.65. The lowest BCUT2D eigenvalue weighted by Gasteiger charge is -2.29. The lowest BCUT2D eigenvalue weighted by atomic mass is 9.85. The highest BCUT2D eigenvalue weighted by Gasteiger charge is 2.56. The van der Waals surface area contributed by atoms with Crippen molar-refractivity contribution in [2.45, 2.75) is 18.0 Å². The van der Waals surface area contributed by atoms with Gasteiger partial charge in [0.2, 0.25) is 11.8 Å². The Morgan fingerprint density at radius 3 is 2.15 bits per heavy atom. The maximum atomic E-state index is 11.2. The van der Waals surface area contributed by atoms with Gasteiger partial charge in [0.25, 0.3) is 0 Å². The number of fused-ring (bicyclic) bond motifs is 2. The average Bonchev–Trinajstić information content (AvgIpc) is 2.61. The fourth-order valence-electron chi connectivity index (χ4n) is 2.16. The van der Waals surface area contributed by atoms with Crippen LogP contribution in [0.5, 0.6) is 0 Å². The number of hydrogen-bond acceptors (Lipinski definition) is 3. The molecular weight excluding hydrogens is 170 g/mol. The predicted molar refractivity (Wildman–Crippen MR) is 45.3 cm³/mol.